The van der Waals surface area contributed by atoms with Crippen molar-refractivity contribution in [3.63, 3.8) is 0 Å². The number of benzene rings is 1. The number of non-ortho nitro benzene ring substituents is 1. The Morgan fingerprint density at radius 3 is 2.61 bits per heavy atom. The van der Waals surface area contributed by atoms with E-state index in [1.807, 2.05) is 5.92 Å². The zero-order valence-electron chi connectivity index (χ0n) is 8.79. The molecule has 1 aromatic carbocycles. The molecule has 2 N–H and O–H groups in total. The Morgan fingerprint density at radius 2 is 2.17 bits per heavy atom. The number of ether oxygens (including phenoxy) is 1. The molecule has 0 bridgehead atoms. The third kappa shape index (κ3) is 2.93. The number of nitrogens with two attached hydrogens (primary N) is 1. The molecule has 0 fully saturated rings. The topological polar surface area (TPSA) is 113 Å². The summed E-state index contributed by atoms with van der Waals surface area (Å²) in [5.74, 6) is 0.0330. The average molecular weight is 274 g/mol. The molecule has 0 unspecified atom stereocenters. The SMILES string of the molecule is C#CCOc1c(F)cc([N+](=O)[O-])cc1S(N)(=O)=O. The summed E-state index contributed by atoms with van der Waals surface area (Å²) in [4.78, 5) is 8.70. The second-order valence-corrected chi connectivity index (χ2v) is 4.58. The van der Waals surface area contributed by atoms with Gasteiger partial charge in [-0.15, -0.1) is 6.42 Å². The first-order valence-corrected chi connectivity index (χ1v) is 5.89. The number of nitro benzene ring substituents is 1. The third-order valence-corrected chi connectivity index (χ3v) is 2.73. The van der Waals surface area contributed by atoms with Crippen LogP contribution in [0, 0.1) is 28.3 Å². The van der Waals surface area contributed by atoms with E-state index in [0.29, 0.717) is 12.1 Å². The summed E-state index contributed by atoms with van der Waals surface area (Å²) in [7, 11) is -4.38. The smallest absolute Gasteiger partial charge is 0.274 e. The van der Waals surface area contributed by atoms with Crippen LogP contribution in [0.2, 0.25) is 0 Å². The average Bonchev–Trinajstić information content (AvgIpc) is 2.25. The van der Waals surface area contributed by atoms with E-state index in [2.05, 4.69) is 4.74 Å². The summed E-state index contributed by atoms with van der Waals surface area (Å²) in [5.41, 5.74) is -0.760. The number of halogens is 1. The first-order chi connectivity index (χ1) is 8.27. The molecule has 1 aromatic rings. The highest BCUT2D eigenvalue weighted by molar-refractivity contribution is 7.89. The monoisotopic (exact) mass is 274 g/mol. The van der Waals surface area contributed by atoms with Gasteiger partial charge in [-0.25, -0.2) is 17.9 Å². The van der Waals surface area contributed by atoms with Gasteiger partial charge in [-0.2, -0.15) is 0 Å². The number of hydrogen-bond acceptors (Lipinski definition) is 5. The van der Waals surface area contributed by atoms with Crippen LogP contribution >= 0.6 is 0 Å². The molecule has 0 aliphatic carbocycles. The molecule has 0 aliphatic rings. The predicted molar refractivity (Wildman–Crippen MR) is 58.8 cm³/mol. The number of rotatable bonds is 4. The highest BCUT2D eigenvalue weighted by atomic mass is 32.2. The molecule has 0 atom stereocenters. The van der Waals surface area contributed by atoms with Crippen LogP contribution < -0.4 is 9.88 Å². The normalized spacial score (nSPS) is 10.7. The third-order valence-electron chi connectivity index (χ3n) is 1.81. The second-order valence-electron chi connectivity index (χ2n) is 3.05. The molecule has 9 heteroatoms. The van der Waals surface area contributed by atoms with Gasteiger partial charge in [0.1, 0.15) is 11.5 Å². The molecular formula is C9H7FN2O5S. The van der Waals surface area contributed by atoms with Crippen LogP contribution in [0.5, 0.6) is 5.75 Å². The van der Waals surface area contributed by atoms with E-state index in [0.717, 1.165) is 0 Å². The van der Waals surface area contributed by atoms with Gasteiger partial charge in [0.05, 0.1) is 11.0 Å². The Kier molecular flexibility index (Phi) is 3.85. The Morgan fingerprint density at radius 1 is 1.56 bits per heavy atom. The number of hydrogen-bond donors (Lipinski definition) is 1. The van der Waals surface area contributed by atoms with Gasteiger partial charge >= 0.3 is 0 Å². The zero-order chi connectivity index (χ0) is 13.9. The maximum atomic E-state index is 13.5. The fourth-order valence-corrected chi connectivity index (χ4v) is 1.83. The molecule has 0 spiro atoms. The first kappa shape index (κ1) is 13.9. The Balaban J connectivity index is 3.51. The quantitative estimate of drug-likeness (QED) is 0.485. The molecule has 0 aromatic heterocycles. The van der Waals surface area contributed by atoms with Crippen LogP contribution in [0.4, 0.5) is 10.1 Å². The maximum Gasteiger partial charge on any atom is 0.274 e. The van der Waals surface area contributed by atoms with Crippen molar-refractivity contribution >= 4 is 15.7 Å². The minimum atomic E-state index is -4.38. The van der Waals surface area contributed by atoms with Crippen molar-refractivity contribution in [3.8, 4) is 18.1 Å². The summed E-state index contributed by atoms with van der Waals surface area (Å²) < 4.78 is 40.6. The summed E-state index contributed by atoms with van der Waals surface area (Å²) in [6.07, 6.45) is 4.88. The highest BCUT2D eigenvalue weighted by Gasteiger charge is 2.24. The van der Waals surface area contributed by atoms with E-state index >= 15 is 0 Å². The van der Waals surface area contributed by atoms with Crippen LogP contribution in [-0.4, -0.2) is 19.9 Å². The summed E-state index contributed by atoms with van der Waals surface area (Å²) in [5, 5.41) is 15.3. The van der Waals surface area contributed by atoms with Gasteiger partial charge in [0.15, 0.2) is 11.6 Å². The van der Waals surface area contributed by atoms with Gasteiger partial charge in [-0.3, -0.25) is 10.1 Å². The van der Waals surface area contributed by atoms with Gasteiger partial charge in [-0.1, -0.05) is 5.92 Å². The van der Waals surface area contributed by atoms with E-state index < -0.39 is 43.7 Å². The van der Waals surface area contributed by atoms with Crippen LogP contribution in [-0.2, 0) is 10.0 Å². The van der Waals surface area contributed by atoms with E-state index in [9.17, 15) is 22.9 Å². The maximum absolute atomic E-state index is 13.5. The number of primary sulfonamides is 1. The van der Waals surface area contributed by atoms with Crippen LogP contribution in [0.25, 0.3) is 0 Å². The molecule has 0 saturated heterocycles. The first-order valence-electron chi connectivity index (χ1n) is 4.34. The van der Waals surface area contributed by atoms with Gasteiger partial charge in [0.25, 0.3) is 5.69 Å². The molecule has 96 valence electrons. The number of nitrogens with zero attached hydrogens (tertiary/aromatic N) is 1. The fourth-order valence-electron chi connectivity index (χ4n) is 1.13. The van der Waals surface area contributed by atoms with Crippen molar-refractivity contribution in [3.05, 3.63) is 28.1 Å². The largest absolute Gasteiger partial charge is 0.476 e. The molecule has 0 saturated carbocycles. The molecule has 18 heavy (non-hydrogen) atoms. The summed E-state index contributed by atoms with van der Waals surface area (Å²) in [6.45, 7) is -0.406. The number of sulfonamides is 1. The molecule has 0 aliphatic heterocycles. The highest BCUT2D eigenvalue weighted by Crippen LogP contribution is 2.30. The Hall–Kier alpha value is -2.18. The molecular weight excluding hydrogens is 267 g/mol. The summed E-state index contributed by atoms with van der Waals surface area (Å²) >= 11 is 0. The summed E-state index contributed by atoms with van der Waals surface area (Å²) in [6, 6.07) is 1.12. The minimum absolute atomic E-state index is 0.406. The van der Waals surface area contributed by atoms with E-state index in [1.54, 1.807) is 0 Å². The lowest BCUT2D eigenvalue weighted by Crippen LogP contribution is -2.15. The standard InChI is InChI=1S/C9H7FN2O5S/c1-2-3-17-9-7(10)4-6(12(13)14)5-8(9)18(11,15)16/h1,4-5H,3H2,(H2,11,15,16). The zero-order valence-corrected chi connectivity index (χ0v) is 9.61. The molecule has 1 rings (SSSR count). The molecule has 7 nitrogen and oxygen atoms in total. The van der Waals surface area contributed by atoms with E-state index in [-0.39, 0.29) is 0 Å². The van der Waals surface area contributed by atoms with Crippen molar-refractivity contribution in [2.75, 3.05) is 6.61 Å². The number of nitro groups is 1. The lowest BCUT2D eigenvalue weighted by Gasteiger charge is -2.08. The van der Waals surface area contributed by atoms with Gasteiger partial charge in [0, 0.05) is 6.07 Å². The van der Waals surface area contributed by atoms with Crippen molar-refractivity contribution in [1.82, 2.24) is 0 Å². The van der Waals surface area contributed by atoms with Crippen LogP contribution in [0.15, 0.2) is 17.0 Å². The van der Waals surface area contributed by atoms with E-state index in [4.69, 9.17) is 11.6 Å². The molecule has 0 amide bonds. The Labute approximate surface area is 102 Å². The lowest BCUT2D eigenvalue weighted by atomic mass is 10.3. The number of terminal acetylenes is 1. The van der Waals surface area contributed by atoms with Crippen LogP contribution in [0.3, 0.4) is 0 Å². The molecule has 0 radical (unpaired) electrons. The van der Waals surface area contributed by atoms with Gasteiger partial charge in [0.2, 0.25) is 10.0 Å². The van der Waals surface area contributed by atoms with Crippen molar-refractivity contribution in [2.24, 2.45) is 5.14 Å². The van der Waals surface area contributed by atoms with Crippen LogP contribution in [0.1, 0.15) is 0 Å². The van der Waals surface area contributed by atoms with Gasteiger partial charge < -0.3 is 4.74 Å². The lowest BCUT2D eigenvalue weighted by molar-refractivity contribution is -0.385. The predicted octanol–water partition coefficient (Wildman–Crippen LogP) is 0.393. The molecule has 0 heterocycles. The Bertz CT molecular complexity index is 635. The van der Waals surface area contributed by atoms with E-state index in [1.165, 1.54) is 0 Å². The fraction of sp³-hybridized carbons (Fsp3) is 0.111. The minimum Gasteiger partial charge on any atom is -0.476 e. The van der Waals surface area contributed by atoms with Gasteiger partial charge in [-0.05, 0) is 0 Å². The van der Waals surface area contributed by atoms with Crippen molar-refractivity contribution in [2.45, 2.75) is 4.90 Å². The van der Waals surface area contributed by atoms with Crippen molar-refractivity contribution in [1.29, 1.82) is 0 Å². The van der Waals surface area contributed by atoms with Crippen molar-refractivity contribution < 1.29 is 22.5 Å². The second kappa shape index (κ2) is 4.99.